The summed E-state index contributed by atoms with van der Waals surface area (Å²) >= 11 is 0. The van der Waals surface area contributed by atoms with E-state index in [4.69, 9.17) is 1.37 Å². The van der Waals surface area contributed by atoms with Crippen LogP contribution in [0.15, 0.2) is 0 Å². The molecule has 1 unspecified atom stereocenters. The van der Waals surface area contributed by atoms with Gasteiger partial charge in [-0.1, -0.05) is 0 Å². The summed E-state index contributed by atoms with van der Waals surface area (Å²) in [4.78, 5) is 0. The topological polar surface area (TPSA) is 0 Å². The van der Waals surface area contributed by atoms with Crippen LogP contribution < -0.4 is 0 Å². The zero-order valence-electron chi connectivity index (χ0n) is 6.60. The van der Waals surface area contributed by atoms with Gasteiger partial charge in [0, 0.05) is 60.0 Å². The molecule has 0 N–H and O–H groups in total. The van der Waals surface area contributed by atoms with Gasteiger partial charge in [0.05, 0.1) is 7.51 Å². The van der Waals surface area contributed by atoms with Gasteiger partial charge in [-0.15, -0.1) is 0 Å². The van der Waals surface area contributed by atoms with Crippen molar-refractivity contribution in [3.05, 3.63) is 0 Å². The number of hydrogen-bond donors (Lipinski definition) is 0. The van der Waals surface area contributed by atoms with Crippen LogP contribution in [-0.2, 0) is 32.7 Å². The molecule has 0 aliphatic heterocycles. The zero-order valence-corrected chi connectivity index (χ0v) is 9.33. The largest absolute Gasteiger partial charge is 0.0705 e. The first-order valence-electron chi connectivity index (χ1n) is 2.75. The van der Waals surface area contributed by atoms with E-state index in [1.54, 1.807) is 0 Å². The van der Waals surface area contributed by atoms with Gasteiger partial charge in [0.1, 0.15) is 0 Å². The predicted octanol–water partition coefficient (Wildman–Crippen LogP) is 1.91. The van der Waals surface area contributed by atoms with Gasteiger partial charge in [-0.3, -0.25) is 0 Å². The van der Waals surface area contributed by atoms with Crippen molar-refractivity contribution in [3.63, 3.8) is 0 Å². The molecule has 0 bridgehead atoms. The maximum Gasteiger partial charge on any atom is 0.0705 e. The molecule has 0 fully saturated rings. The first kappa shape index (κ1) is 8.53. The summed E-state index contributed by atoms with van der Waals surface area (Å²) in [6, 6.07) is 0. The van der Waals surface area contributed by atoms with Crippen LogP contribution in [-0.4, -0.2) is 26.1 Å². The Labute approximate surface area is 74.1 Å². The molecule has 0 rings (SSSR count). The summed E-state index contributed by atoms with van der Waals surface area (Å²) in [5.74, 6) is 0. The van der Waals surface area contributed by atoms with Crippen LogP contribution >= 0.6 is 7.26 Å². The summed E-state index contributed by atoms with van der Waals surface area (Å²) in [5, 5.41) is 0. The standard InChI is InChI=1S/C5H14P.Y/c1-5-6(2,3)4;/h5H2,1-4H3;/q+1;/i5D;. The van der Waals surface area contributed by atoms with Crippen molar-refractivity contribution in [3.8, 4) is 0 Å². The SMILES string of the molecule is [2H]C(C)[P+](C)(C)C.[Y]. The van der Waals surface area contributed by atoms with Crippen LogP contribution in [0.5, 0.6) is 0 Å². The van der Waals surface area contributed by atoms with Crippen LogP contribution in [0.25, 0.3) is 0 Å². The minimum Gasteiger partial charge on any atom is -0.0312 e. The summed E-state index contributed by atoms with van der Waals surface area (Å²) in [5.41, 5.74) is 0. The molecule has 0 heterocycles. The summed E-state index contributed by atoms with van der Waals surface area (Å²) < 4.78 is 7.28. The van der Waals surface area contributed by atoms with Crippen molar-refractivity contribution in [2.45, 2.75) is 6.92 Å². The van der Waals surface area contributed by atoms with Crippen LogP contribution in [0.4, 0.5) is 0 Å². The molecule has 0 aromatic rings. The normalized spacial score (nSPS) is 16.9. The molecule has 0 saturated heterocycles. The van der Waals surface area contributed by atoms with Gasteiger partial charge >= 0.3 is 0 Å². The third-order valence-electron chi connectivity index (χ3n) is 0.775. The van der Waals surface area contributed by atoms with Crippen molar-refractivity contribution in [1.82, 2.24) is 0 Å². The van der Waals surface area contributed by atoms with Crippen LogP contribution in [0, 0.1) is 0 Å². The van der Waals surface area contributed by atoms with E-state index in [0.717, 1.165) is 0 Å². The van der Waals surface area contributed by atoms with E-state index >= 15 is 0 Å². The van der Waals surface area contributed by atoms with Gasteiger partial charge in [0.2, 0.25) is 0 Å². The quantitative estimate of drug-likeness (QED) is 0.560. The van der Waals surface area contributed by atoms with Crippen molar-refractivity contribution >= 4 is 7.26 Å². The Morgan fingerprint density at radius 3 is 1.57 bits per heavy atom. The summed E-state index contributed by atoms with van der Waals surface area (Å²) in [7, 11) is -0.821. The number of rotatable bonds is 1. The Bertz CT molecular complexity index is 57.9. The molecule has 7 heavy (non-hydrogen) atoms. The van der Waals surface area contributed by atoms with Gasteiger partial charge in [0.15, 0.2) is 0 Å². The number of hydrogen-bond acceptors (Lipinski definition) is 0. The van der Waals surface area contributed by atoms with Gasteiger partial charge in [-0.25, -0.2) is 0 Å². The summed E-state index contributed by atoms with van der Waals surface area (Å²) in [6.07, 6.45) is 0.160. The first-order chi connectivity index (χ1) is 2.94. The van der Waals surface area contributed by atoms with Crippen LogP contribution in [0.2, 0.25) is 0 Å². The van der Waals surface area contributed by atoms with Gasteiger partial charge < -0.3 is 0 Å². The Morgan fingerprint density at radius 1 is 1.43 bits per heavy atom. The molecule has 2 heteroatoms. The zero-order chi connectivity index (χ0) is 6.08. The average molecular weight is 195 g/mol. The predicted molar refractivity (Wildman–Crippen MR) is 35.2 cm³/mol. The smallest absolute Gasteiger partial charge is 0.0312 e. The molecule has 0 saturated carbocycles. The molecule has 0 spiro atoms. The van der Waals surface area contributed by atoms with Crippen LogP contribution in [0.1, 0.15) is 8.29 Å². The molecule has 0 aliphatic carbocycles. The molecular weight excluding hydrogens is 180 g/mol. The fourth-order valence-corrected chi connectivity index (χ4v) is 0. The van der Waals surface area contributed by atoms with Crippen molar-refractivity contribution in [1.29, 1.82) is 0 Å². The molecule has 0 aromatic carbocycles. The van der Waals surface area contributed by atoms with E-state index in [-0.39, 0.29) is 38.8 Å². The van der Waals surface area contributed by atoms with Gasteiger partial charge in [-0.05, 0) is 6.92 Å². The minimum atomic E-state index is -0.821. The second-order valence-electron chi connectivity index (χ2n) is 2.37. The molecule has 0 nitrogen and oxygen atoms in total. The monoisotopic (exact) mass is 195 g/mol. The van der Waals surface area contributed by atoms with E-state index < -0.39 is 7.26 Å². The minimum absolute atomic E-state index is 0. The molecule has 0 aliphatic rings. The molecule has 0 aromatic heterocycles. The fraction of sp³-hybridized carbons (Fsp3) is 1.00. The fourth-order valence-electron chi connectivity index (χ4n) is 0. The molecular formula is C5H14PY+. The first-order valence-corrected chi connectivity index (χ1v) is 5.38. The van der Waals surface area contributed by atoms with Crippen molar-refractivity contribution < 1.29 is 34.1 Å². The molecule has 0 amide bonds. The third kappa shape index (κ3) is 11.2. The molecule has 1 radical (unpaired) electrons. The van der Waals surface area contributed by atoms with Crippen LogP contribution in [0.3, 0.4) is 0 Å². The Balaban J connectivity index is 0. The maximum atomic E-state index is 7.28. The Morgan fingerprint density at radius 2 is 1.57 bits per heavy atom. The molecule has 1 atom stereocenters. The van der Waals surface area contributed by atoms with Crippen molar-refractivity contribution in [2.75, 3.05) is 26.1 Å². The summed E-state index contributed by atoms with van der Waals surface area (Å²) in [6.45, 7) is 8.52. The van der Waals surface area contributed by atoms with Gasteiger partial charge in [0.25, 0.3) is 0 Å². The van der Waals surface area contributed by atoms with E-state index in [2.05, 4.69) is 20.0 Å². The van der Waals surface area contributed by atoms with Gasteiger partial charge in [-0.2, -0.15) is 0 Å². The second-order valence-corrected chi connectivity index (χ2v) is 7.12. The van der Waals surface area contributed by atoms with E-state index in [1.165, 1.54) is 0 Å². The Kier molecular flexibility index (Phi) is 5.38. The maximum absolute atomic E-state index is 7.28. The van der Waals surface area contributed by atoms with E-state index in [1.807, 2.05) is 6.92 Å². The van der Waals surface area contributed by atoms with Crippen molar-refractivity contribution in [2.24, 2.45) is 0 Å². The Hall–Kier alpha value is 1.53. The average Bonchev–Trinajstić information content (AvgIpc) is 1.31. The third-order valence-corrected chi connectivity index (χ3v) is 2.32. The molecule has 41 valence electrons. The van der Waals surface area contributed by atoms with E-state index in [0.29, 0.717) is 0 Å². The van der Waals surface area contributed by atoms with E-state index in [9.17, 15) is 0 Å². The second kappa shape index (κ2) is 4.42.